The van der Waals surface area contributed by atoms with Crippen molar-refractivity contribution >= 4 is 30.0 Å². The summed E-state index contributed by atoms with van der Waals surface area (Å²) in [6, 6.07) is 16.8. The maximum absolute atomic E-state index is 13.9. The number of benzene rings is 3. The summed E-state index contributed by atoms with van der Waals surface area (Å²) in [6.07, 6.45) is 1.01. The molecule has 4 rings (SSSR count). The lowest BCUT2D eigenvalue weighted by atomic mass is 9.94. The predicted molar refractivity (Wildman–Crippen MR) is 218 cm³/mol. The second-order valence-corrected chi connectivity index (χ2v) is 13.2. The number of nitrogens with two attached hydrogens (primary N) is 3. The maximum atomic E-state index is 13.9. The highest BCUT2D eigenvalue weighted by atomic mass is 16.5. The van der Waals surface area contributed by atoms with Gasteiger partial charge in [-0.15, -0.1) is 0 Å². The Morgan fingerprint density at radius 1 is 0.965 bits per heavy atom. The predicted octanol–water partition coefficient (Wildman–Crippen LogP) is 1.32. The van der Waals surface area contributed by atoms with E-state index < -0.39 is 17.9 Å². The SMILES string of the molecule is CCN.Cc1ccc(C(=O)N(C)CC(=O)N(C)C2C(=O)NCC(=O)NC(C)Cc3ccc(OCCN)c(c3)-c3cc2ccc3OCCN)c(C)c1.N#CCNC=O. The third-order valence-electron chi connectivity index (χ3n) is 8.40. The van der Waals surface area contributed by atoms with Crippen LogP contribution in [0.25, 0.3) is 11.1 Å². The summed E-state index contributed by atoms with van der Waals surface area (Å²) in [6.45, 7) is 8.96. The molecule has 2 atom stereocenters. The van der Waals surface area contributed by atoms with Crippen molar-refractivity contribution in [2.24, 2.45) is 17.2 Å². The Morgan fingerprint density at radius 3 is 2.14 bits per heavy atom. The van der Waals surface area contributed by atoms with Crippen molar-refractivity contribution in [1.82, 2.24) is 25.8 Å². The van der Waals surface area contributed by atoms with E-state index in [1.807, 2.05) is 58.0 Å². The third-order valence-corrected chi connectivity index (χ3v) is 8.40. The quantitative estimate of drug-likeness (QED) is 0.0868. The summed E-state index contributed by atoms with van der Waals surface area (Å²) in [4.78, 5) is 65.7. The Hall–Kier alpha value is -6.02. The molecular weight excluding hydrogens is 731 g/mol. The summed E-state index contributed by atoms with van der Waals surface area (Å²) in [5.74, 6) is -0.658. The first kappa shape index (κ1) is 47.1. The number of nitriles is 1. The first-order valence-electron chi connectivity index (χ1n) is 18.6. The molecular formula is C41H57N9O7. The maximum Gasteiger partial charge on any atom is 0.254 e. The first-order valence-corrected chi connectivity index (χ1v) is 18.6. The van der Waals surface area contributed by atoms with Crippen molar-refractivity contribution in [3.05, 3.63) is 82.4 Å². The molecule has 308 valence electrons. The molecule has 0 aliphatic carbocycles. The Kier molecular flexibility index (Phi) is 20.2. The molecule has 16 nitrogen and oxygen atoms in total. The van der Waals surface area contributed by atoms with Crippen LogP contribution in [0.5, 0.6) is 11.5 Å². The van der Waals surface area contributed by atoms with Gasteiger partial charge in [0.1, 0.15) is 37.3 Å². The lowest BCUT2D eigenvalue weighted by Crippen LogP contribution is -2.48. The molecule has 1 aliphatic heterocycles. The van der Waals surface area contributed by atoms with Gasteiger partial charge < -0.3 is 52.4 Å². The van der Waals surface area contributed by atoms with Crippen LogP contribution in [0.3, 0.4) is 0 Å². The largest absolute Gasteiger partial charge is 0.492 e. The van der Waals surface area contributed by atoms with E-state index in [1.54, 1.807) is 37.4 Å². The summed E-state index contributed by atoms with van der Waals surface area (Å²) >= 11 is 0. The van der Waals surface area contributed by atoms with E-state index in [0.717, 1.165) is 23.2 Å². The highest BCUT2D eigenvalue weighted by molar-refractivity contribution is 5.98. The minimum Gasteiger partial charge on any atom is -0.492 e. The van der Waals surface area contributed by atoms with E-state index in [1.165, 1.54) is 16.8 Å². The molecule has 2 unspecified atom stereocenters. The number of carbonyl (C=O) groups is 5. The van der Waals surface area contributed by atoms with Crippen molar-refractivity contribution in [2.45, 2.75) is 46.2 Å². The molecule has 57 heavy (non-hydrogen) atoms. The number of rotatable bonds is 12. The number of nitrogens with zero attached hydrogens (tertiary/aromatic N) is 3. The van der Waals surface area contributed by atoms with Crippen LogP contribution in [0.4, 0.5) is 0 Å². The van der Waals surface area contributed by atoms with Gasteiger partial charge >= 0.3 is 0 Å². The molecule has 3 aromatic rings. The van der Waals surface area contributed by atoms with Gasteiger partial charge in [0.15, 0.2) is 0 Å². The van der Waals surface area contributed by atoms with E-state index in [9.17, 15) is 24.0 Å². The second-order valence-electron chi connectivity index (χ2n) is 13.2. The zero-order valence-corrected chi connectivity index (χ0v) is 33.7. The summed E-state index contributed by atoms with van der Waals surface area (Å²) < 4.78 is 12.1. The van der Waals surface area contributed by atoms with E-state index in [-0.39, 0.29) is 57.2 Å². The van der Waals surface area contributed by atoms with Crippen molar-refractivity contribution in [3.8, 4) is 28.7 Å². The molecule has 1 heterocycles. The number of nitrogens with one attached hydrogen (secondary N) is 3. The first-order chi connectivity index (χ1) is 27.3. The summed E-state index contributed by atoms with van der Waals surface area (Å²) in [5, 5.41) is 15.5. The van der Waals surface area contributed by atoms with Gasteiger partial charge in [-0.25, -0.2) is 0 Å². The average Bonchev–Trinajstić information content (AvgIpc) is 3.18. The van der Waals surface area contributed by atoms with E-state index >= 15 is 0 Å². The van der Waals surface area contributed by atoms with E-state index in [0.29, 0.717) is 53.1 Å². The molecule has 1 aliphatic rings. The van der Waals surface area contributed by atoms with Gasteiger partial charge in [-0.1, -0.05) is 36.8 Å². The van der Waals surface area contributed by atoms with Gasteiger partial charge in [-0.3, -0.25) is 24.0 Å². The number of aryl methyl sites for hydroxylation is 2. The lowest BCUT2D eigenvalue weighted by Gasteiger charge is -2.30. The van der Waals surface area contributed by atoms with Crippen molar-refractivity contribution in [3.63, 3.8) is 0 Å². The molecule has 0 fully saturated rings. The van der Waals surface area contributed by atoms with Gasteiger partial charge in [0.05, 0.1) is 19.2 Å². The van der Waals surface area contributed by atoms with Crippen molar-refractivity contribution in [1.29, 1.82) is 5.26 Å². The van der Waals surface area contributed by atoms with Gasteiger partial charge in [0.2, 0.25) is 24.1 Å². The molecule has 5 amide bonds. The molecule has 16 heteroatoms. The van der Waals surface area contributed by atoms with Gasteiger partial charge in [0.25, 0.3) is 5.91 Å². The third kappa shape index (κ3) is 14.5. The number of likely N-dealkylation sites (N-methyl/N-ethyl adjacent to an activating group) is 2. The fourth-order valence-corrected chi connectivity index (χ4v) is 5.85. The highest BCUT2D eigenvalue weighted by Crippen LogP contribution is 2.40. The minimum absolute atomic E-state index is 0.101. The highest BCUT2D eigenvalue weighted by Gasteiger charge is 2.32. The minimum atomic E-state index is -1.16. The molecule has 4 bridgehead atoms. The number of ether oxygens (including phenoxy) is 2. The van der Waals surface area contributed by atoms with E-state index in [4.69, 9.17) is 31.9 Å². The Bertz CT molecular complexity index is 1860. The van der Waals surface area contributed by atoms with Crippen molar-refractivity contribution < 1.29 is 33.4 Å². The fraction of sp³-hybridized carbons (Fsp3) is 0.415. The van der Waals surface area contributed by atoms with Crippen LogP contribution in [0.2, 0.25) is 0 Å². The van der Waals surface area contributed by atoms with Crippen LogP contribution in [0, 0.1) is 25.2 Å². The van der Waals surface area contributed by atoms with E-state index in [2.05, 4.69) is 16.0 Å². The Labute approximate surface area is 335 Å². The molecule has 0 aromatic heterocycles. The van der Waals surface area contributed by atoms with Crippen LogP contribution in [-0.2, 0) is 25.6 Å². The molecule has 0 saturated heterocycles. The summed E-state index contributed by atoms with van der Waals surface area (Å²) in [5.41, 5.74) is 21.4. The van der Waals surface area contributed by atoms with Crippen LogP contribution in [0.15, 0.2) is 54.6 Å². The standard InChI is InChI=1S/C36H46N6O6.C3H4N2O.C2H7N/c1-22-6-9-27(23(2)16-22)36(46)41(4)21-33(44)42(5)34-26-8-11-31(48-15-13-38)29(19-26)28-18-25(7-10-30(28)47-14-12-37)17-24(3)40-32(43)20-39-35(34)45;4-1-2-5-3-6;1-2-3/h6-11,16,18-19,24,34H,12-15,17,20-21,37-38H2,1-5H3,(H,39,45)(H,40,43);3H,2H2,(H,5,6);2-3H2,1H3. The monoisotopic (exact) mass is 787 g/mol. The lowest BCUT2D eigenvalue weighted by molar-refractivity contribution is -0.140. The number of hydrogen-bond acceptors (Lipinski definition) is 11. The Morgan fingerprint density at radius 2 is 1.58 bits per heavy atom. The van der Waals surface area contributed by atoms with Gasteiger partial charge in [0, 0.05) is 49.9 Å². The molecule has 0 saturated carbocycles. The fourth-order valence-electron chi connectivity index (χ4n) is 5.85. The molecule has 9 N–H and O–H groups in total. The van der Waals surface area contributed by atoms with Crippen molar-refractivity contribution in [2.75, 3.05) is 66.6 Å². The summed E-state index contributed by atoms with van der Waals surface area (Å²) in [7, 11) is 3.05. The second kappa shape index (κ2) is 24.5. The zero-order valence-electron chi connectivity index (χ0n) is 33.7. The normalized spacial score (nSPS) is 14.6. The number of amides is 5. The average molecular weight is 788 g/mol. The van der Waals surface area contributed by atoms with Gasteiger partial charge in [-0.2, -0.15) is 5.26 Å². The van der Waals surface area contributed by atoms with Gasteiger partial charge in [-0.05, 0) is 80.8 Å². The molecule has 0 spiro atoms. The number of hydrogen-bond donors (Lipinski definition) is 6. The number of fused-ring (bicyclic) bond motifs is 5. The smallest absolute Gasteiger partial charge is 0.254 e. The van der Waals surface area contributed by atoms with Crippen LogP contribution in [-0.4, -0.2) is 112 Å². The topological polar surface area (TPSA) is 248 Å². The molecule has 3 aromatic carbocycles. The zero-order chi connectivity index (χ0) is 42.5. The van der Waals surface area contributed by atoms with Crippen LogP contribution in [0.1, 0.15) is 52.5 Å². The Balaban J connectivity index is 0.00000112. The van der Waals surface area contributed by atoms with Crippen LogP contribution < -0.4 is 42.6 Å². The number of carbonyl (C=O) groups excluding carboxylic acids is 5. The van der Waals surface area contributed by atoms with Crippen LogP contribution >= 0.6 is 0 Å². The molecule has 0 radical (unpaired) electrons.